The quantitative estimate of drug-likeness (QED) is 0.799. The Balaban J connectivity index is 2.36. The van der Waals surface area contributed by atoms with E-state index in [0.29, 0.717) is 23.4 Å². The molecule has 0 spiro atoms. The van der Waals surface area contributed by atoms with E-state index in [1.54, 1.807) is 0 Å². The Hall–Kier alpha value is -1.04. The van der Waals surface area contributed by atoms with Crippen LogP contribution in [0.3, 0.4) is 0 Å². The molecule has 0 saturated heterocycles. The van der Waals surface area contributed by atoms with Crippen LogP contribution < -0.4 is 0 Å². The molecule has 6 heteroatoms. The molecule has 1 heterocycles. The van der Waals surface area contributed by atoms with Gasteiger partial charge in [0.25, 0.3) is 0 Å². The smallest absolute Gasteiger partial charge is 0.313 e. The van der Waals surface area contributed by atoms with Gasteiger partial charge in [0, 0.05) is 6.42 Å². The van der Waals surface area contributed by atoms with Crippen molar-refractivity contribution in [1.29, 1.82) is 0 Å². The average Bonchev–Trinajstić information content (AvgIpc) is 2.50. The first-order valence-electron chi connectivity index (χ1n) is 4.69. The summed E-state index contributed by atoms with van der Waals surface area (Å²) in [7, 11) is 0. The fraction of sp³-hybridized carbons (Fsp3) is 0.667. The molecule has 0 aliphatic heterocycles. The lowest BCUT2D eigenvalue weighted by molar-refractivity contribution is -0.133. The second-order valence-corrected chi connectivity index (χ2v) is 4.57. The van der Waals surface area contributed by atoms with Crippen LogP contribution in [0, 0.1) is 5.92 Å². The molecular formula is C9H14N2O3S. The number of hydrogen-bond acceptors (Lipinski definition) is 5. The SMILES string of the molecule is CC(C)Cc1noc(CSCC(=O)O)n1. The molecule has 5 nitrogen and oxygen atoms in total. The first-order valence-corrected chi connectivity index (χ1v) is 5.84. The van der Waals surface area contributed by atoms with Gasteiger partial charge in [-0.25, -0.2) is 0 Å². The van der Waals surface area contributed by atoms with Crippen molar-refractivity contribution in [2.75, 3.05) is 5.75 Å². The third kappa shape index (κ3) is 4.83. The van der Waals surface area contributed by atoms with Crippen molar-refractivity contribution < 1.29 is 14.4 Å². The van der Waals surface area contributed by atoms with Crippen LogP contribution in [0.4, 0.5) is 0 Å². The van der Waals surface area contributed by atoms with E-state index in [1.165, 1.54) is 11.8 Å². The molecule has 0 bridgehead atoms. The molecule has 0 aliphatic rings. The van der Waals surface area contributed by atoms with E-state index < -0.39 is 5.97 Å². The standard InChI is InChI=1S/C9H14N2O3S/c1-6(2)3-7-10-8(14-11-7)4-15-5-9(12)13/h6H,3-5H2,1-2H3,(H,12,13). The van der Waals surface area contributed by atoms with Crippen LogP contribution in [0.1, 0.15) is 25.6 Å². The van der Waals surface area contributed by atoms with Crippen molar-refractivity contribution in [3.63, 3.8) is 0 Å². The van der Waals surface area contributed by atoms with Crippen LogP contribution in [-0.4, -0.2) is 27.0 Å². The molecule has 0 fully saturated rings. The summed E-state index contributed by atoms with van der Waals surface area (Å²) in [5.74, 6) is 1.36. The Bertz CT molecular complexity index is 325. The van der Waals surface area contributed by atoms with Gasteiger partial charge in [-0.15, -0.1) is 11.8 Å². The minimum Gasteiger partial charge on any atom is -0.481 e. The molecule has 0 radical (unpaired) electrons. The normalized spacial score (nSPS) is 10.9. The second-order valence-electron chi connectivity index (χ2n) is 3.59. The largest absolute Gasteiger partial charge is 0.481 e. The van der Waals surface area contributed by atoms with E-state index in [1.807, 2.05) is 0 Å². The summed E-state index contributed by atoms with van der Waals surface area (Å²) in [6, 6.07) is 0. The van der Waals surface area contributed by atoms with Gasteiger partial charge >= 0.3 is 5.97 Å². The fourth-order valence-electron chi connectivity index (χ4n) is 1.02. The van der Waals surface area contributed by atoms with E-state index in [9.17, 15) is 4.79 Å². The van der Waals surface area contributed by atoms with Crippen LogP contribution in [0.5, 0.6) is 0 Å². The molecule has 15 heavy (non-hydrogen) atoms. The Morgan fingerprint density at radius 1 is 1.60 bits per heavy atom. The van der Waals surface area contributed by atoms with E-state index in [-0.39, 0.29) is 5.75 Å². The highest BCUT2D eigenvalue weighted by molar-refractivity contribution is 7.99. The Morgan fingerprint density at radius 2 is 2.33 bits per heavy atom. The maximum absolute atomic E-state index is 10.3. The highest BCUT2D eigenvalue weighted by Crippen LogP contribution is 2.11. The summed E-state index contributed by atoms with van der Waals surface area (Å²) in [5, 5.41) is 12.2. The minimum atomic E-state index is -0.832. The van der Waals surface area contributed by atoms with E-state index >= 15 is 0 Å². The molecule has 1 rings (SSSR count). The van der Waals surface area contributed by atoms with Gasteiger partial charge < -0.3 is 9.63 Å². The van der Waals surface area contributed by atoms with Crippen molar-refractivity contribution in [3.8, 4) is 0 Å². The zero-order valence-corrected chi connectivity index (χ0v) is 9.58. The highest BCUT2D eigenvalue weighted by atomic mass is 32.2. The lowest BCUT2D eigenvalue weighted by Crippen LogP contribution is -1.98. The van der Waals surface area contributed by atoms with E-state index in [0.717, 1.165) is 6.42 Å². The third-order valence-corrected chi connectivity index (χ3v) is 2.45. The predicted molar refractivity (Wildman–Crippen MR) is 56.6 cm³/mol. The molecule has 0 atom stereocenters. The topological polar surface area (TPSA) is 76.2 Å². The second kappa shape index (κ2) is 5.75. The maximum atomic E-state index is 10.3. The lowest BCUT2D eigenvalue weighted by Gasteiger charge is -1.96. The van der Waals surface area contributed by atoms with Gasteiger partial charge in [0.2, 0.25) is 5.89 Å². The van der Waals surface area contributed by atoms with Crippen molar-refractivity contribution in [1.82, 2.24) is 10.1 Å². The van der Waals surface area contributed by atoms with E-state index in [2.05, 4.69) is 24.0 Å². The number of carboxylic acid groups (broad SMARTS) is 1. The molecular weight excluding hydrogens is 216 g/mol. The van der Waals surface area contributed by atoms with Crippen LogP contribution in [0.25, 0.3) is 0 Å². The molecule has 1 aromatic heterocycles. The number of aliphatic carboxylic acids is 1. The number of thioether (sulfide) groups is 1. The van der Waals surface area contributed by atoms with Crippen LogP contribution in [-0.2, 0) is 17.0 Å². The van der Waals surface area contributed by atoms with Gasteiger partial charge in [0.15, 0.2) is 5.82 Å². The Labute approximate surface area is 92.2 Å². The monoisotopic (exact) mass is 230 g/mol. The summed E-state index contributed by atoms with van der Waals surface area (Å²) in [6.07, 6.45) is 0.785. The Morgan fingerprint density at radius 3 is 2.93 bits per heavy atom. The van der Waals surface area contributed by atoms with E-state index in [4.69, 9.17) is 9.63 Å². The van der Waals surface area contributed by atoms with Gasteiger partial charge in [-0.3, -0.25) is 4.79 Å². The molecule has 84 valence electrons. The fourth-order valence-corrected chi connectivity index (χ4v) is 1.59. The summed E-state index contributed by atoms with van der Waals surface area (Å²) < 4.78 is 4.97. The van der Waals surface area contributed by atoms with Crippen molar-refractivity contribution in [2.45, 2.75) is 26.0 Å². The molecule has 0 aliphatic carbocycles. The number of nitrogens with zero attached hydrogens (tertiary/aromatic N) is 2. The van der Waals surface area contributed by atoms with Crippen molar-refractivity contribution in [3.05, 3.63) is 11.7 Å². The van der Waals surface area contributed by atoms with Crippen molar-refractivity contribution >= 4 is 17.7 Å². The van der Waals surface area contributed by atoms with Crippen LogP contribution in [0.15, 0.2) is 4.52 Å². The zero-order chi connectivity index (χ0) is 11.3. The highest BCUT2D eigenvalue weighted by Gasteiger charge is 2.08. The van der Waals surface area contributed by atoms with Gasteiger partial charge in [0.1, 0.15) is 0 Å². The minimum absolute atomic E-state index is 0.0574. The molecule has 0 unspecified atom stereocenters. The number of hydrogen-bond donors (Lipinski definition) is 1. The number of carboxylic acids is 1. The summed E-state index contributed by atoms with van der Waals surface area (Å²) in [4.78, 5) is 14.4. The van der Waals surface area contributed by atoms with Crippen LogP contribution >= 0.6 is 11.8 Å². The summed E-state index contributed by atoms with van der Waals surface area (Å²) in [5.41, 5.74) is 0. The third-order valence-electron chi connectivity index (χ3n) is 1.55. The van der Waals surface area contributed by atoms with Crippen LogP contribution in [0.2, 0.25) is 0 Å². The molecule has 0 aromatic carbocycles. The number of carbonyl (C=O) groups is 1. The van der Waals surface area contributed by atoms with Gasteiger partial charge in [-0.05, 0) is 5.92 Å². The van der Waals surface area contributed by atoms with Gasteiger partial charge in [-0.1, -0.05) is 19.0 Å². The summed E-state index contributed by atoms with van der Waals surface area (Å²) in [6.45, 7) is 4.16. The number of rotatable bonds is 6. The first kappa shape index (κ1) is 12.0. The lowest BCUT2D eigenvalue weighted by atomic mass is 10.1. The molecule has 0 saturated carbocycles. The van der Waals surface area contributed by atoms with Crippen molar-refractivity contribution in [2.24, 2.45) is 5.92 Å². The summed E-state index contributed by atoms with van der Waals surface area (Å²) >= 11 is 1.25. The number of aromatic nitrogens is 2. The maximum Gasteiger partial charge on any atom is 0.313 e. The predicted octanol–water partition coefficient (Wildman–Crippen LogP) is 1.59. The Kier molecular flexibility index (Phi) is 4.61. The molecule has 1 aromatic rings. The molecule has 1 N–H and O–H groups in total. The van der Waals surface area contributed by atoms with Gasteiger partial charge in [0.05, 0.1) is 11.5 Å². The first-order chi connectivity index (χ1) is 7.08. The zero-order valence-electron chi connectivity index (χ0n) is 8.77. The average molecular weight is 230 g/mol. The molecule has 0 amide bonds. The van der Waals surface area contributed by atoms with Gasteiger partial charge in [-0.2, -0.15) is 4.98 Å².